The van der Waals surface area contributed by atoms with Crippen molar-refractivity contribution in [2.24, 2.45) is 0 Å². The average Bonchev–Trinajstić information content (AvgIpc) is 2.22. The average molecular weight is 308 g/mol. The standard InChI is InChI=1S/C13H14BrN3O/c1-7-4-10(14)6-11(15)13(7)18-12-5-8(2)16-9(3)17-12/h4-6H,15H2,1-3H3. The van der Waals surface area contributed by atoms with Crippen molar-refractivity contribution in [3.8, 4) is 11.6 Å². The third-order valence-electron chi connectivity index (χ3n) is 2.42. The molecule has 2 N–H and O–H groups in total. The van der Waals surface area contributed by atoms with E-state index in [4.69, 9.17) is 10.5 Å². The number of aromatic nitrogens is 2. The third kappa shape index (κ3) is 2.79. The zero-order chi connectivity index (χ0) is 13.3. The van der Waals surface area contributed by atoms with Crippen LogP contribution in [-0.2, 0) is 0 Å². The fourth-order valence-electron chi connectivity index (χ4n) is 1.74. The number of rotatable bonds is 2. The van der Waals surface area contributed by atoms with Crippen LogP contribution in [0.5, 0.6) is 11.6 Å². The van der Waals surface area contributed by atoms with Crippen LogP contribution in [0.15, 0.2) is 22.7 Å². The van der Waals surface area contributed by atoms with Crippen molar-refractivity contribution in [1.82, 2.24) is 9.97 Å². The Bertz CT molecular complexity index is 556. The summed E-state index contributed by atoms with van der Waals surface area (Å²) in [5, 5.41) is 0. The largest absolute Gasteiger partial charge is 0.436 e. The van der Waals surface area contributed by atoms with E-state index in [0.29, 0.717) is 23.1 Å². The van der Waals surface area contributed by atoms with Crippen LogP contribution in [0.1, 0.15) is 17.1 Å². The summed E-state index contributed by atoms with van der Waals surface area (Å²) in [6.45, 7) is 5.67. The Balaban J connectivity index is 2.40. The fraction of sp³-hybridized carbons (Fsp3) is 0.231. The van der Waals surface area contributed by atoms with Crippen LogP contribution in [0.4, 0.5) is 5.69 Å². The lowest BCUT2D eigenvalue weighted by Crippen LogP contribution is -1.99. The molecule has 0 fully saturated rings. The second-order valence-corrected chi connectivity index (χ2v) is 5.05. The Morgan fingerprint density at radius 2 is 1.83 bits per heavy atom. The number of ether oxygens (including phenoxy) is 1. The van der Waals surface area contributed by atoms with Crippen LogP contribution in [0.2, 0.25) is 0 Å². The molecule has 0 radical (unpaired) electrons. The lowest BCUT2D eigenvalue weighted by molar-refractivity contribution is 0.457. The summed E-state index contributed by atoms with van der Waals surface area (Å²) in [4.78, 5) is 8.44. The van der Waals surface area contributed by atoms with E-state index in [2.05, 4.69) is 25.9 Å². The molecule has 1 heterocycles. The molecule has 0 saturated heterocycles. The number of hydrogen-bond donors (Lipinski definition) is 1. The van der Waals surface area contributed by atoms with Gasteiger partial charge in [-0.2, -0.15) is 4.98 Å². The van der Waals surface area contributed by atoms with Crippen LogP contribution in [0.25, 0.3) is 0 Å². The van der Waals surface area contributed by atoms with Crippen molar-refractivity contribution in [2.75, 3.05) is 5.73 Å². The van der Waals surface area contributed by atoms with E-state index in [9.17, 15) is 0 Å². The summed E-state index contributed by atoms with van der Waals surface area (Å²) in [5.74, 6) is 1.83. The first-order chi connectivity index (χ1) is 8.45. The number of aryl methyl sites for hydroxylation is 3. The van der Waals surface area contributed by atoms with Crippen LogP contribution >= 0.6 is 15.9 Å². The second kappa shape index (κ2) is 4.94. The van der Waals surface area contributed by atoms with Gasteiger partial charge in [0, 0.05) is 16.2 Å². The Labute approximate surface area is 114 Å². The van der Waals surface area contributed by atoms with Crippen molar-refractivity contribution in [2.45, 2.75) is 20.8 Å². The molecule has 5 heteroatoms. The van der Waals surface area contributed by atoms with Gasteiger partial charge in [-0.05, 0) is 38.5 Å². The highest BCUT2D eigenvalue weighted by Crippen LogP contribution is 2.33. The number of benzene rings is 1. The SMILES string of the molecule is Cc1cc(Oc2c(C)cc(Br)cc2N)nc(C)n1. The fourth-order valence-corrected chi connectivity index (χ4v) is 2.33. The highest BCUT2D eigenvalue weighted by Gasteiger charge is 2.09. The lowest BCUT2D eigenvalue weighted by Gasteiger charge is -2.11. The number of anilines is 1. The first kappa shape index (κ1) is 12.8. The van der Waals surface area contributed by atoms with E-state index < -0.39 is 0 Å². The smallest absolute Gasteiger partial charge is 0.222 e. The Morgan fingerprint density at radius 1 is 1.11 bits per heavy atom. The van der Waals surface area contributed by atoms with Gasteiger partial charge in [-0.25, -0.2) is 4.98 Å². The molecule has 0 aliphatic carbocycles. The Hall–Kier alpha value is -1.62. The van der Waals surface area contributed by atoms with Crippen molar-refractivity contribution in [1.29, 1.82) is 0 Å². The van der Waals surface area contributed by atoms with Gasteiger partial charge in [-0.15, -0.1) is 0 Å². The lowest BCUT2D eigenvalue weighted by atomic mass is 10.2. The van der Waals surface area contributed by atoms with Crippen molar-refractivity contribution in [3.63, 3.8) is 0 Å². The van der Waals surface area contributed by atoms with Crippen molar-refractivity contribution < 1.29 is 4.74 Å². The minimum absolute atomic E-state index is 0.511. The quantitative estimate of drug-likeness (QED) is 0.862. The van der Waals surface area contributed by atoms with Crippen molar-refractivity contribution >= 4 is 21.6 Å². The van der Waals surface area contributed by atoms with Gasteiger partial charge >= 0.3 is 0 Å². The number of nitrogens with zero attached hydrogens (tertiary/aromatic N) is 2. The first-order valence-electron chi connectivity index (χ1n) is 5.51. The Morgan fingerprint density at radius 3 is 2.44 bits per heavy atom. The highest BCUT2D eigenvalue weighted by atomic mass is 79.9. The second-order valence-electron chi connectivity index (χ2n) is 4.14. The summed E-state index contributed by atoms with van der Waals surface area (Å²) in [6, 6.07) is 5.55. The monoisotopic (exact) mass is 307 g/mol. The van der Waals surface area contributed by atoms with Gasteiger partial charge in [-0.1, -0.05) is 15.9 Å². The molecule has 0 unspecified atom stereocenters. The van der Waals surface area contributed by atoms with Gasteiger partial charge < -0.3 is 10.5 Å². The normalized spacial score (nSPS) is 10.4. The maximum atomic E-state index is 5.95. The number of nitrogen functional groups attached to an aromatic ring is 1. The molecular weight excluding hydrogens is 294 g/mol. The predicted molar refractivity (Wildman–Crippen MR) is 74.9 cm³/mol. The zero-order valence-corrected chi connectivity index (χ0v) is 12.1. The van der Waals surface area contributed by atoms with Crippen molar-refractivity contribution in [3.05, 3.63) is 39.8 Å². The minimum Gasteiger partial charge on any atom is -0.436 e. The maximum Gasteiger partial charge on any atom is 0.222 e. The molecule has 0 spiro atoms. The van der Waals surface area contributed by atoms with Gasteiger partial charge in [0.25, 0.3) is 0 Å². The van der Waals surface area contributed by atoms with Gasteiger partial charge in [0.1, 0.15) is 5.82 Å². The number of hydrogen-bond acceptors (Lipinski definition) is 4. The van der Waals surface area contributed by atoms with E-state index in [-0.39, 0.29) is 0 Å². The van der Waals surface area contributed by atoms with E-state index in [1.165, 1.54) is 0 Å². The van der Waals surface area contributed by atoms with E-state index in [1.54, 1.807) is 6.07 Å². The molecule has 94 valence electrons. The maximum absolute atomic E-state index is 5.95. The van der Waals surface area contributed by atoms with E-state index in [1.807, 2.05) is 32.9 Å². The molecule has 0 saturated carbocycles. The number of nitrogens with two attached hydrogens (primary N) is 1. The molecule has 0 bridgehead atoms. The molecule has 1 aromatic heterocycles. The van der Waals surface area contributed by atoms with Gasteiger partial charge in [-0.3, -0.25) is 0 Å². The van der Waals surface area contributed by atoms with Crippen LogP contribution < -0.4 is 10.5 Å². The molecule has 0 amide bonds. The molecule has 0 aliphatic heterocycles. The highest BCUT2D eigenvalue weighted by molar-refractivity contribution is 9.10. The molecule has 4 nitrogen and oxygen atoms in total. The third-order valence-corrected chi connectivity index (χ3v) is 2.88. The summed E-state index contributed by atoms with van der Waals surface area (Å²) < 4.78 is 6.69. The summed E-state index contributed by atoms with van der Waals surface area (Å²) in [7, 11) is 0. The molecule has 18 heavy (non-hydrogen) atoms. The predicted octanol–water partition coefficient (Wildman–Crippen LogP) is 3.54. The van der Waals surface area contributed by atoms with Crippen LogP contribution in [0, 0.1) is 20.8 Å². The van der Waals surface area contributed by atoms with Crippen LogP contribution in [-0.4, -0.2) is 9.97 Å². The number of halogens is 1. The molecule has 1 aromatic carbocycles. The van der Waals surface area contributed by atoms with Gasteiger partial charge in [0.15, 0.2) is 5.75 Å². The summed E-state index contributed by atoms with van der Waals surface area (Å²) in [6.07, 6.45) is 0. The minimum atomic E-state index is 0.511. The molecule has 0 atom stereocenters. The molecule has 0 aliphatic rings. The summed E-state index contributed by atoms with van der Waals surface area (Å²) in [5.41, 5.74) is 8.35. The van der Waals surface area contributed by atoms with Gasteiger partial charge in [0.2, 0.25) is 5.88 Å². The van der Waals surface area contributed by atoms with Gasteiger partial charge in [0.05, 0.1) is 5.69 Å². The topological polar surface area (TPSA) is 61.0 Å². The zero-order valence-electron chi connectivity index (χ0n) is 10.5. The molecule has 2 rings (SSSR count). The van der Waals surface area contributed by atoms with Crippen LogP contribution in [0.3, 0.4) is 0 Å². The molecule has 2 aromatic rings. The van der Waals surface area contributed by atoms with E-state index >= 15 is 0 Å². The molecular formula is C13H14BrN3O. The first-order valence-corrected chi connectivity index (χ1v) is 6.31. The van der Waals surface area contributed by atoms with E-state index in [0.717, 1.165) is 15.7 Å². The Kier molecular flexibility index (Phi) is 3.52. The summed E-state index contributed by atoms with van der Waals surface area (Å²) >= 11 is 3.39.